The zero-order valence-electron chi connectivity index (χ0n) is 14.3. The van der Waals surface area contributed by atoms with E-state index in [2.05, 4.69) is 0 Å². The van der Waals surface area contributed by atoms with Gasteiger partial charge in [-0.15, -0.1) is 0 Å². The van der Waals surface area contributed by atoms with Crippen LogP contribution in [0.15, 0.2) is 54.1 Å². The van der Waals surface area contributed by atoms with Gasteiger partial charge < -0.3 is 18.9 Å². The number of carbonyl (C=O) groups is 2. The minimum absolute atomic E-state index is 0.0310. The average molecular weight is 352 g/mol. The van der Waals surface area contributed by atoms with E-state index in [0.29, 0.717) is 28.2 Å². The van der Waals surface area contributed by atoms with Crippen molar-refractivity contribution in [2.75, 3.05) is 20.8 Å². The average Bonchev–Trinajstić information content (AvgIpc) is 2.89. The summed E-state index contributed by atoms with van der Waals surface area (Å²) in [5, 5.41) is 0. The quantitative estimate of drug-likeness (QED) is 0.625. The summed E-state index contributed by atoms with van der Waals surface area (Å²) in [5.74, 6) is -0.439. The number of ether oxygens (including phenoxy) is 4. The van der Waals surface area contributed by atoms with E-state index < -0.39 is 17.5 Å². The smallest absolute Gasteiger partial charge is 0.347 e. The molecule has 1 unspecified atom stereocenters. The molecule has 4 rings (SSSR count). The molecule has 1 atom stereocenters. The van der Waals surface area contributed by atoms with E-state index in [-0.39, 0.29) is 12.2 Å². The Bertz CT molecular complexity index is 945. The summed E-state index contributed by atoms with van der Waals surface area (Å²) in [7, 11) is 2.74. The van der Waals surface area contributed by atoms with Crippen molar-refractivity contribution in [1.82, 2.24) is 0 Å². The van der Waals surface area contributed by atoms with Gasteiger partial charge in [-0.05, 0) is 12.1 Å². The van der Waals surface area contributed by atoms with Gasteiger partial charge in [0.2, 0.25) is 0 Å². The zero-order chi connectivity index (χ0) is 18.3. The first kappa shape index (κ1) is 16.4. The van der Waals surface area contributed by atoms with Crippen molar-refractivity contribution in [1.29, 1.82) is 0 Å². The summed E-state index contributed by atoms with van der Waals surface area (Å²) in [6, 6.07) is 14.4. The monoisotopic (exact) mass is 352 g/mol. The van der Waals surface area contributed by atoms with Crippen molar-refractivity contribution in [3.8, 4) is 11.5 Å². The minimum Gasteiger partial charge on any atom is -0.465 e. The second-order valence-electron chi connectivity index (χ2n) is 5.99. The van der Waals surface area contributed by atoms with Crippen LogP contribution in [0, 0.1) is 0 Å². The molecule has 0 aromatic heterocycles. The molecule has 0 N–H and O–H groups in total. The van der Waals surface area contributed by atoms with Crippen LogP contribution in [0.3, 0.4) is 0 Å². The Labute approximate surface area is 149 Å². The van der Waals surface area contributed by atoms with Crippen molar-refractivity contribution in [3.63, 3.8) is 0 Å². The van der Waals surface area contributed by atoms with E-state index in [9.17, 15) is 9.59 Å². The van der Waals surface area contributed by atoms with Gasteiger partial charge in [-0.3, -0.25) is 0 Å². The first-order valence-electron chi connectivity index (χ1n) is 8.04. The fourth-order valence-electron chi connectivity index (χ4n) is 3.55. The molecule has 0 fully saturated rings. The second-order valence-corrected chi connectivity index (χ2v) is 5.99. The fraction of sp³-hybridized carbons (Fsp3) is 0.200. The first-order valence-corrected chi connectivity index (χ1v) is 8.04. The number of rotatable bonds is 3. The van der Waals surface area contributed by atoms with Gasteiger partial charge >= 0.3 is 11.9 Å². The Morgan fingerprint density at radius 2 is 1.73 bits per heavy atom. The molecule has 0 saturated carbocycles. The Hall–Kier alpha value is -3.12. The number of methoxy groups -OCH3 is 2. The number of hydrogen-bond acceptors (Lipinski definition) is 6. The highest BCUT2D eigenvalue weighted by atomic mass is 16.6. The molecule has 2 aliphatic heterocycles. The number of hydrogen-bond donors (Lipinski definition) is 0. The van der Waals surface area contributed by atoms with E-state index in [1.165, 1.54) is 14.2 Å². The van der Waals surface area contributed by atoms with Crippen molar-refractivity contribution >= 4 is 17.5 Å². The maximum Gasteiger partial charge on any atom is 0.347 e. The molecule has 0 amide bonds. The van der Waals surface area contributed by atoms with E-state index >= 15 is 0 Å². The SMILES string of the molecule is COCC12OC(=O)C(C(=O)OC)=C1c1ccccc1Oc1ccccc12. The van der Waals surface area contributed by atoms with Crippen LogP contribution in [0.4, 0.5) is 0 Å². The van der Waals surface area contributed by atoms with Gasteiger partial charge in [0.05, 0.1) is 13.7 Å². The van der Waals surface area contributed by atoms with E-state index in [0.717, 1.165) is 0 Å². The molecule has 6 nitrogen and oxygen atoms in total. The number of benzene rings is 2. The van der Waals surface area contributed by atoms with Gasteiger partial charge in [-0.25, -0.2) is 9.59 Å². The first-order chi connectivity index (χ1) is 12.6. The normalized spacial score (nSPS) is 20.3. The van der Waals surface area contributed by atoms with Gasteiger partial charge in [0.25, 0.3) is 0 Å². The summed E-state index contributed by atoms with van der Waals surface area (Å²) < 4.78 is 22.1. The van der Waals surface area contributed by atoms with Crippen LogP contribution in [0.1, 0.15) is 11.1 Å². The fourth-order valence-corrected chi connectivity index (χ4v) is 3.55. The molecule has 2 aromatic rings. The predicted molar refractivity (Wildman–Crippen MR) is 91.5 cm³/mol. The number of para-hydroxylation sites is 2. The van der Waals surface area contributed by atoms with Crippen molar-refractivity contribution in [3.05, 3.63) is 65.2 Å². The molecule has 0 saturated heterocycles. The molecule has 2 aliphatic rings. The number of carbonyl (C=O) groups excluding carboxylic acids is 2. The van der Waals surface area contributed by atoms with E-state index in [4.69, 9.17) is 18.9 Å². The highest BCUT2D eigenvalue weighted by Gasteiger charge is 2.55. The van der Waals surface area contributed by atoms with Crippen LogP contribution in [-0.4, -0.2) is 32.8 Å². The lowest BCUT2D eigenvalue weighted by Crippen LogP contribution is -2.33. The maximum atomic E-state index is 12.7. The summed E-state index contributed by atoms with van der Waals surface area (Å²) in [4.78, 5) is 25.1. The van der Waals surface area contributed by atoms with Crippen molar-refractivity contribution in [2.24, 2.45) is 0 Å². The number of esters is 2. The molecule has 132 valence electrons. The van der Waals surface area contributed by atoms with Crippen LogP contribution in [-0.2, 0) is 29.4 Å². The highest BCUT2D eigenvalue weighted by Crippen LogP contribution is 2.54. The van der Waals surface area contributed by atoms with Gasteiger partial charge in [0.15, 0.2) is 11.2 Å². The zero-order valence-corrected chi connectivity index (χ0v) is 14.3. The molecule has 0 spiro atoms. The molecule has 26 heavy (non-hydrogen) atoms. The van der Waals surface area contributed by atoms with E-state index in [1.807, 2.05) is 18.2 Å². The van der Waals surface area contributed by atoms with Gasteiger partial charge in [0, 0.05) is 23.8 Å². The summed E-state index contributed by atoms with van der Waals surface area (Å²) in [6.07, 6.45) is 0. The Balaban J connectivity index is 2.14. The third kappa shape index (κ3) is 2.16. The Morgan fingerprint density at radius 1 is 1.04 bits per heavy atom. The van der Waals surface area contributed by atoms with Gasteiger partial charge in [-0.1, -0.05) is 36.4 Å². The lowest BCUT2D eigenvalue weighted by atomic mass is 9.81. The third-order valence-corrected chi connectivity index (χ3v) is 4.56. The lowest BCUT2D eigenvalue weighted by molar-refractivity contribution is -0.153. The molecule has 0 bridgehead atoms. The number of fused-ring (bicyclic) bond motifs is 5. The second kappa shape index (κ2) is 6.00. The third-order valence-electron chi connectivity index (χ3n) is 4.56. The molecule has 2 heterocycles. The van der Waals surface area contributed by atoms with Crippen molar-refractivity contribution < 1.29 is 28.5 Å². The minimum atomic E-state index is -1.29. The van der Waals surface area contributed by atoms with Crippen LogP contribution in [0.25, 0.3) is 5.57 Å². The van der Waals surface area contributed by atoms with E-state index in [1.54, 1.807) is 30.3 Å². The van der Waals surface area contributed by atoms with Crippen LogP contribution in [0.5, 0.6) is 11.5 Å². The predicted octanol–water partition coefficient (Wildman–Crippen LogP) is 2.82. The highest BCUT2D eigenvalue weighted by molar-refractivity contribution is 6.24. The lowest BCUT2D eigenvalue weighted by Gasteiger charge is -2.30. The molecular formula is C20H16O6. The summed E-state index contributed by atoms with van der Waals surface area (Å²) in [6.45, 7) is 0.0310. The molecule has 6 heteroatoms. The largest absolute Gasteiger partial charge is 0.465 e. The topological polar surface area (TPSA) is 71.1 Å². The Kier molecular flexibility index (Phi) is 3.77. The Morgan fingerprint density at radius 3 is 2.46 bits per heavy atom. The van der Waals surface area contributed by atoms with Crippen LogP contribution < -0.4 is 4.74 Å². The standard InChI is InChI=1S/C20H16O6/c1-23-11-20-13-8-4-6-10-15(13)25-14-9-5-3-7-12(14)17(20)16(18(21)24-2)19(22)26-20/h3-10H,11H2,1-2H3. The summed E-state index contributed by atoms with van der Waals surface area (Å²) >= 11 is 0. The van der Waals surface area contributed by atoms with Crippen LogP contribution >= 0.6 is 0 Å². The van der Waals surface area contributed by atoms with Gasteiger partial charge in [0.1, 0.15) is 11.5 Å². The molecule has 0 aliphatic carbocycles. The van der Waals surface area contributed by atoms with Crippen LogP contribution in [0.2, 0.25) is 0 Å². The summed E-state index contributed by atoms with van der Waals surface area (Å²) in [5.41, 5.74) is 0.166. The van der Waals surface area contributed by atoms with Gasteiger partial charge in [-0.2, -0.15) is 0 Å². The molecule has 2 aromatic carbocycles. The van der Waals surface area contributed by atoms with Crippen molar-refractivity contribution in [2.45, 2.75) is 5.60 Å². The maximum absolute atomic E-state index is 12.7. The molecular weight excluding hydrogens is 336 g/mol. The molecule has 0 radical (unpaired) electrons.